The predicted octanol–water partition coefficient (Wildman–Crippen LogP) is 7.08. The second-order valence-electron chi connectivity index (χ2n) is 13.7. The first-order valence-corrected chi connectivity index (χ1v) is 17.4. The van der Waals surface area contributed by atoms with E-state index in [4.69, 9.17) is 9.40 Å². The minimum absolute atomic E-state index is 0.0267. The van der Waals surface area contributed by atoms with E-state index in [0.29, 0.717) is 77.5 Å². The number of aromatic amines is 1. The molecule has 11 rings (SSSR count). The van der Waals surface area contributed by atoms with Gasteiger partial charge in [-0.25, -0.2) is 28.0 Å². The molecule has 7 heterocycles. The number of fused-ring (bicyclic) bond motifs is 3. The number of hydrogen-bond acceptors (Lipinski definition) is 8. The lowest BCUT2D eigenvalue weighted by Crippen LogP contribution is -2.40. The Kier molecular flexibility index (Phi) is 6.28. The summed E-state index contributed by atoms with van der Waals surface area (Å²) in [7, 11) is 0. The highest BCUT2D eigenvalue weighted by Crippen LogP contribution is 2.63. The van der Waals surface area contributed by atoms with Crippen molar-refractivity contribution in [2.75, 3.05) is 11.9 Å². The molecule has 6 aromatic rings. The highest BCUT2D eigenvalue weighted by Gasteiger charge is 2.65. The van der Waals surface area contributed by atoms with Crippen molar-refractivity contribution in [2.24, 2.45) is 5.92 Å². The van der Waals surface area contributed by atoms with Crippen LogP contribution in [0.2, 0.25) is 0 Å². The lowest BCUT2D eigenvalue weighted by atomic mass is 9.71. The van der Waals surface area contributed by atoms with Gasteiger partial charge in [0.15, 0.2) is 0 Å². The van der Waals surface area contributed by atoms with E-state index in [1.54, 1.807) is 18.3 Å². The largest absolute Gasteiger partial charge is 0.434 e. The van der Waals surface area contributed by atoms with Gasteiger partial charge in [0.25, 0.3) is 11.8 Å². The molecule has 1 spiro atoms. The Morgan fingerprint density at radius 3 is 2.64 bits per heavy atom. The molecule has 2 bridgehead atoms. The van der Waals surface area contributed by atoms with Gasteiger partial charge in [0, 0.05) is 29.2 Å². The summed E-state index contributed by atoms with van der Waals surface area (Å²) in [5.41, 5.74) is 4.42. The molecule has 2 aromatic carbocycles. The van der Waals surface area contributed by atoms with Crippen LogP contribution in [-0.4, -0.2) is 37.5 Å². The van der Waals surface area contributed by atoms with E-state index >= 15 is 0 Å². The van der Waals surface area contributed by atoms with Gasteiger partial charge in [0.1, 0.15) is 23.3 Å². The van der Waals surface area contributed by atoms with E-state index in [1.807, 2.05) is 17.0 Å². The van der Waals surface area contributed by atoms with Gasteiger partial charge < -0.3 is 14.6 Å². The first-order chi connectivity index (χ1) is 24.3. The second kappa shape index (κ2) is 10.6. The smallest absolute Gasteiger partial charge is 0.388 e. The standard InChI is InChI=1S/C37H27F3N6O3S/c38-20-4-1-17(2-5-20)3-7-26-28(34-44-45-36(48)49-34)29(30-32(42-26)37-14-18(15-37)16-46(37)35(30)47)27-11-19-9-10-41-33(31(19)50-27)43-25-8-6-22-23(25)12-21(39)13-24(22)40/h1-2,4-5,9-13,18,25H,3,6-8,14-16H2,(H,41,43)(H,45,48). The number of carbonyl (C=O) groups is 1. The van der Waals surface area contributed by atoms with Crippen LogP contribution in [0.25, 0.3) is 32.0 Å². The summed E-state index contributed by atoms with van der Waals surface area (Å²) in [6, 6.07) is 12.1. The summed E-state index contributed by atoms with van der Waals surface area (Å²) in [6.07, 6.45) is 5.37. The Balaban J connectivity index is 1.15. The molecule has 2 saturated heterocycles. The number of halogens is 3. The van der Waals surface area contributed by atoms with Crippen LogP contribution < -0.4 is 11.1 Å². The van der Waals surface area contributed by atoms with Crippen molar-refractivity contribution >= 4 is 33.1 Å². The highest BCUT2D eigenvalue weighted by atomic mass is 32.1. The second-order valence-corrected chi connectivity index (χ2v) is 14.7. The van der Waals surface area contributed by atoms with E-state index in [0.717, 1.165) is 45.1 Å². The fourth-order valence-electron chi connectivity index (χ4n) is 8.65. The molecule has 1 unspecified atom stereocenters. The minimum Gasteiger partial charge on any atom is -0.388 e. The number of nitrogens with zero attached hydrogens (tertiary/aromatic N) is 4. The van der Waals surface area contributed by atoms with Crippen LogP contribution in [0.5, 0.6) is 0 Å². The third-order valence-corrected chi connectivity index (χ3v) is 12.0. The van der Waals surface area contributed by atoms with Crippen molar-refractivity contribution in [3.05, 3.63) is 116 Å². The predicted molar refractivity (Wildman–Crippen MR) is 179 cm³/mol. The Morgan fingerprint density at radius 1 is 1.00 bits per heavy atom. The Hall–Kier alpha value is -5.30. The number of pyridine rings is 2. The van der Waals surface area contributed by atoms with Crippen molar-refractivity contribution in [3.63, 3.8) is 0 Å². The fourth-order valence-corrected chi connectivity index (χ4v) is 9.81. The van der Waals surface area contributed by atoms with Crippen molar-refractivity contribution in [1.29, 1.82) is 0 Å². The Bertz CT molecular complexity index is 2470. The SMILES string of the molecule is O=C1c2c(nc(CCc3ccc(F)cc3)c(-c3n[nH]c(=O)o3)c2-c2cc3ccnc(NC4CCc5c(F)cc(F)cc54)c3s2)C23CC(CN12)C3. The molecule has 1 saturated carbocycles. The van der Waals surface area contributed by atoms with Crippen LogP contribution >= 0.6 is 11.3 Å². The molecule has 1 amide bonds. The van der Waals surface area contributed by atoms with E-state index in [9.17, 15) is 22.8 Å². The van der Waals surface area contributed by atoms with Crippen LogP contribution in [0.3, 0.4) is 0 Å². The third-order valence-electron chi connectivity index (χ3n) is 10.8. The summed E-state index contributed by atoms with van der Waals surface area (Å²) >= 11 is 1.43. The Labute approximate surface area is 286 Å². The van der Waals surface area contributed by atoms with Gasteiger partial charge in [-0.05, 0) is 96.9 Å². The van der Waals surface area contributed by atoms with Gasteiger partial charge in [-0.2, -0.15) is 0 Å². The lowest BCUT2D eigenvalue weighted by molar-refractivity contribution is 0.0637. The number of H-pyrrole nitrogens is 1. The molecule has 2 aliphatic carbocycles. The first kappa shape index (κ1) is 29.6. The monoisotopic (exact) mass is 692 g/mol. The molecule has 0 radical (unpaired) electrons. The summed E-state index contributed by atoms with van der Waals surface area (Å²) in [5.74, 6) is -1.31. The topological polar surface area (TPSA) is 117 Å². The zero-order chi connectivity index (χ0) is 33.9. The number of rotatable bonds is 7. The number of carbonyl (C=O) groups excluding carboxylic acids is 1. The number of aromatic nitrogens is 4. The summed E-state index contributed by atoms with van der Waals surface area (Å²) in [6.45, 7) is 0.667. The number of amides is 1. The van der Waals surface area contributed by atoms with Crippen molar-refractivity contribution in [3.8, 4) is 21.9 Å². The molecular formula is C37H27F3N6O3S. The van der Waals surface area contributed by atoms with Gasteiger partial charge in [-0.1, -0.05) is 12.1 Å². The van der Waals surface area contributed by atoms with Crippen molar-refractivity contribution in [2.45, 2.75) is 50.1 Å². The van der Waals surface area contributed by atoms with Crippen LogP contribution in [-0.2, 0) is 24.8 Å². The molecule has 3 fully saturated rings. The fraction of sp³-hybridized carbons (Fsp3) is 0.270. The number of benzene rings is 2. The van der Waals surface area contributed by atoms with Gasteiger partial charge in [0.05, 0.1) is 38.8 Å². The van der Waals surface area contributed by atoms with E-state index in [2.05, 4.69) is 20.5 Å². The van der Waals surface area contributed by atoms with E-state index in [1.165, 1.54) is 29.5 Å². The van der Waals surface area contributed by atoms with Gasteiger partial charge in [-0.3, -0.25) is 9.78 Å². The molecule has 1 atom stereocenters. The maximum absolute atomic E-state index is 14.6. The maximum Gasteiger partial charge on any atom is 0.434 e. The average molecular weight is 693 g/mol. The van der Waals surface area contributed by atoms with Gasteiger partial charge in [0.2, 0.25) is 0 Å². The minimum atomic E-state index is -0.736. The van der Waals surface area contributed by atoms with Crippen LogP contribution in [0.15, 0.2) is 63.9 Å². The van der Waals surface area contributed by atoms with Crippen LogP contribution in [0.4, 0.5) is 19.0 Å². The van der Waals surface area contributed by atoms with Crippen LogP contribution in [0, 0.1) is 23.4 Å². The molecule has 50 heavy (non-hydrogen) atoms. The molecule has 250 valence electrons. The number of thiophene rings is 1. The normalized spacial score (nSPS) is 21.4. The molecular weight excluding hydrogens is 666 g/mol. The Morgan fingerprint density at radius 2 is 1.84 bits per heavy atom. The van der Waals surface area contributed by atoms with Gasteiger partial charge in [-0.15, -0.1) is 16.4 Å². The van der Waals surface area contributed by atoms with E-state index in [-0.39, 0.29) is 23.7 Å². The lowest BCUT2D eigenvalue weighted by Gasteiger charge is -2.37. The molecule has 9 nitrogen and oxygen atoms in total. The maximum atomic E-state index is 14.6. The summed E-state index contributed by atoms with van der Waals surface area (Å²) in [4.78, 5) is 39.2. The molecule has 4 aromatic heterocycles. The molecule has 3 aliphatic heterocycles. The summed E-state index contributed by atoms with van der Waals surface area (Å²) in [5, 5.41) is 10.9. The first-order valence-electron chi connectivity index (χ1n) is 16.6. The molecule has 2 N–H and O–H groups in total. The number of hydrogen-bond donors (Lipinski definition) is 2. The average Bonchev–Trinajstić information content (AvgIpc) is 3.93. The van der Waals surface area contributed by atoms with Crippen LogP contribution in [0.1, 0.15) is 63.7 Å². The van der Waals surface area contributed by atoms with Gasteiger partial charge >= 0.3 is 5.76 Å². The number of aryl methyl sites for hydroxylation is 2. The van der Waals surface area contributed by atoms with E-state index < -0.39 is 22.9 Å². The third kappa shape index (κ3) is 4.28. The number of nitrogens with one attached hydrogen (secondary N) is 2. The zero-order valence-corrected chi connectivity index (χ0v) is 27.2. The number of anilines is 1. The molecule has 5 aliphatic rings. The van der Waals surface area contributed by atoms with Crippen molar-refractivity contribution in [1.82, 2.24) is 25.1 Å². The summed E-state index contributed by atoms with van der Waals surface area (Å²) < 4.78 is 48.9. The highest BCUT2D eigenvalue weighted by molar-refractivity contribution is 7.23. The molecule has 13 heteroatoms. The van der Waals surface area contributed by atoms with Crippen molar-refractivity contribution < 1.29 is 22.4 Å². The quantitative estimate of drug-likeness (QED) is 0.184. The zero-order valence-electron chi connectivity index (χ0n) is 26.4.